The Morgan fingerprint density at radius 3 is 2.81 bits per heavy atom. The summed E-state index contributed by atoms with van der Waals surface area (Å²) in [6.07, 6.45) is 0.150. The number of nitriles is 1. The van der Waals surface area contributed by atoms with Gasteiger partial charge in [0.25, 0.3) is 5.91 Å². The van der Waals surface area contributed by atoms with Crippen LogP contribution in [0.15, 0.2) is 58.3 Å². The minimum Gasteiger partial charge on any atom is -0.452 e. The fourth-order valence-corrected chi connectivity index (χ4v) is 4.59. The summed E-state index contributed by atoms with van der Waals surface area (Å²) in [5.41, 5.74) is 4.50. The molecule has 2 aromatic carbocycles. The van der Waals surface area contributed by atoms with Crippen molar-refractivity contribution in [1.29, 1.82) is 5.26 Å². The number of hydrogen-bond donors (Lipinski definition) is 0. The number of thiazole rings is 1. The molecule has 1 aromatic heterocycles. The van der Waals surface area contributed by atoms with Crippen molar-refractivity contribution >= 4 is 52.3 Å². The van der Waals surface area contributed by atoms with Gasteiger partial charge in [-0.2, -0.15) is 5.26 Å². The van der Waals surface area contributed by atoms with Crippen LogP contribution in [0.1, 0.15) is 28.0 Å². The number of esters is 1. The summed E-state index contributed by atoms with van der Waals surface area (Å²) in [5, 5.41) is 11.5. The second-order valence-corrected chi connectivity index (χ2v) is 8.87. The molecule has 0 unspecified atom stereocenters. The maximum Gasteiger partial charge on any atom is 0.339 e. The van der Waals surface area contributed by atoms with Gasteiger partial charge in [0.05, 0.1) is 29.3 Å². The van der Waals surface area contributed by atoms with Crippen molar-refractivity contribution < 1.29 is 14.3 Å². The third-order valence-corrected chi connectivity index (χ3v) is 6.66. The molecular formula is C23H20ClN3O3S2. The van der Waals surface area contributed by atoms with Gasteiger partial charge >= 0.3 is 5.97 Å². The SMILES string of the molecule is Cc1cc(N(CCC#N)C(=O)COC(=O)c2ccccc2SCc2cscn2)ccc1Cl. The van der Waals surface area contributed by atoms with E-state index in [4.69, 9.17) is 21.6 Å². The van der Waals surface area contributed by atoms with E-state index in [1.165, 1.54) is 28.0 Å². The summed E-state index contributed by atoms with van der Waals surface area (Å²) in [5.74, 6) is -0.361. The first-order chi connectivity index (χ1) is 15.5. The van der Waals surface area contributed by atoms with Gasteiger partial charge in [-0.25, -0.2) is 9.78 Å². The van der Waals surface area contributed by atoms with Gasteiger partial charge in [0.1, 0.15) is 0 Å². The first-order valence-electron chi connectivity index (χ1n) is 9.69. The molecule has 0 fully saturated rings. The molecule has 6 nitrogen and oxygen atoms in total. The van der Waals surface area contributed by atoms with Crippen molar-refractivity contribution in [2.75, 3.05) is 18.1 Å². The average molecular weight is 486 g/mol. The van der Waals surface area contributed by atoms with E-state index in [0.29, 0.717) is 22.0 Å². The molecular weight excluding hydrogens is 466 g/mol. The smallest absolute Gasteiger partial charge is 0.339 e. The number of halogens is 1. The second-order valence-electron chi connectivity index (χ2n) is 6.73. The van der Waals surface area contributed by atoms with E-state index in [-0.39, 0.29) is 13.0 Å². The number of amides is 1. The van der Waals surface area contributed by atoms with Gasteiger partial charge in [0, 0.05) is 33.3 Å². The van der Waals surface area contributed by atoms with Crippen LogP contribution < -0.4 is 4.90 Å². The zero-order valence-corrected chi connectivity index (χ0v) is 19.7. The van der Waals surface area contributed by atoms with Crippen LogP contribution in [0.4, 0.5) is 5.69 Å². The number of ether oxygens (including phenoxy) is 1. The first-order valence-corrected chi connectivity index (χ1v) is 12.0. The lowest BCUT2D eigenvalue weighted by Crippen LogP contribution is -2.35. The number of aromatic nitrogens is 1. The topological polar surface area (TPSA) is 83.3 Å². The lowest BCUT2D eigenvalue weighted by Gasteiger charge is -2.22. The molecule has 0 bridgehead atoms. The van der Waals surface area contributed by atoms with Gasteiger partial charge in [-0.15, -0.1) is 23.1 Å². The van der Waals surface area contributed by atoms with Gasteiger partial charge in [-0.05, 0) is 42.8 Å². The Balaban J connectivity index is 1.67. The van der Waals surface area contributed by atoms with E-state index >= 15 is 0 Å². The van der Waals surface area contributed by atoms with E-state index in [0.717, 1.165) is 16.2 Å². The van der Waals surface area contributed by atoms with Gasteiger partial charge in [-0.3, -0.25) is 4.79 Å². The van der Waals surface area contributed by atoms with Crippen LogP contribution in [0, 0.1) is 18.3 Å². The van der Waals surface area contributed by atoms with E-state index in [2.05, 4.69) is 4.98 Å². The lowest BCUT2D eigenvalue weighted by molar-refractivity contribution is -0.121. The maximum atomic E-state index is 12.8. The highest BCUT2D eigenvalue weighted by atomic mass is 35.5. The fourth-order valence-electron chi connectivity index (χ4n) is 2.86. The van der Waals surface area contributed by atoms with Crippen molar-refractivity contribution in [3.8, 4) is 6.07 Å². The Morgan fingerprint density at radius 1 is 1.28 bits per heavy atom. The summed E-state index contributed by atoms with van der Waals surface area (Å²) in [6, 6.07) is 14.3. The minimum atomic E-state index is -0.577. The van der Waals surface area contributed by atoms with E-state index < -0.39 is 18.5 Å². The van der Waals surface area contributed by atoms with E-state index in [1.54, 1.807) is 35.8 Å². The van der Waals surface area contributed by atoms with Crippen molar-refractivity contribution in [2.24, 2.45) is 0 Å². The number of rotatable bonds is 9. The largest absolute Gasteiger partial charge is 0.452 e. The number of hydrogen-bond acceptors (Lipinski definition) is 7. The number of benzene rings is 2. The Kier molecular flexibility index (Phi) is 8.68. The normalized spacial score (nSPS) is 10.4. The van der Waals surface area contributed by atoms with Gasteiger partial charge in [0.2, 0.25) is 0 Å². The quantitative estimate of drug-likeness (QED) is 0.294. The minimum absolute atomic E-state index is 0.150. The number of thioether (sulfide) groups is 1. The summed E-state index contributed by atoms with van der Waals surface area (Å²) in [6.45, 7) is 1.59. The van der Waals surface area contributed by atoms with Crippen molar-refractivity contribution in [1.82, 2.24) is 4.98 Å². The molecule has 3 rings (SSSR count). The van der Waals surface area contributed by atoms with E-state index in [9.17, 15) is 9.59 Å². The third kappa shape index (κ3) is 6.33. The molecule has 0 saturated carbocycles. The molecule has 1 heterocycles. The standard InChI is InChI=1S/C23H20ClN3O3S2/c1-16-11-18(7-8-20(16)24)27(10-4-9-25)22(28)12-30-23(29)19-5-2-3-6-21(19)32-14-17-13-31-15-26-17/h2-3,5-8,11,13,15H,4,10,12,14H2,1H3. The number of carbonyl (C=O) groups excluding carboxylic acids is 2. The summed E-state index contributed by atoms with van der Waals surface area (Å²) < 4.78 is 5.34. The van der Waals surface area contributed by atoms with Crippen LogP contribution >= 0.6 is 34.7 Å². The average Bonchev–Trinajstić information content (AvgIpc) is 3.32. The molecule has 0 radical (unpaired) electrons. The molecule has 0 saturated heterocycles. The molecule has 0 aliphatic rings. The monoisotopic (exact) mass is 485 g/mol. The number of nitrogens with zero attached hydrogens (tertiary/aromatic N) is 3. The van der Waals surface area contributed by atoms with Crippen LogP contribution in [0.2, 0.25) is 5.02 Å². The van der Waals surface area contributed by atoms with Crippen molar-refractivity contribution in [3.63, 3.8) is 0 Å². The molecule has 9 heteroatoms. The molecule has 32 heavy (non-hydrogen) atoms. The molecule has 0 spiro atoms. The molecule has 3 aromatic rings. The van der Waals surface area contributed by atoms with Crippen LogP contribution in [0.25, 0.3) is 0 Å². The van der Waals surface area contributed by atoms with E-state index in [1.807, 2.05) is 30.5 Å². The lowest BCUT2D eigenvalue weighted by atomic mass is 10.2. The van der Waals surface area contributed by atoms with Gasteiger partial charge in [-0.1, -0.05) is 23.7 Å². The Morgan fingerprint density at radius 2 is 2.09 bits per heavy atom. The van der Waals surface area contributed by atoms with Crippen molar-refractivity contribution in [3.05, 3.63) is 75.2 Å². The Bertz CT molecular complexity index is 1130. The first kappa shape index (κ1) is 23.8. The predicted molar refractivity (Wildman–Crippen MR) is 127 cm³/mol. The summed E-state index contributed by atoms with van der Waals surface area (Å²) in [4.78, 5) is 32.0. The summed E-state index contributed by atoms with van der Waals surface area (Å²) >= 11 is 9.09. The fraction of sp³-hybridized carbons (Fsp3) is 0.217. The second kappa shape index (κ2) is 11.7. The Hall–Kier alpha value is -2.86. The molecule has 164 valence electrons. The van der Waals surface area contributed by atoms with Crippen LogP contribution in [-0.4, -0.2) is 30.0 Å². The third-order valence-electron chi connectivity index (χ3n) is 4.49. The summed E-state index contributed by atoms with van der Waals surface area (Å²) in [7, 11) is 0. The highest BCUT2D eigenvalue weighted by Gasteiger charge is 2.20. The van der Waals surface area contributed by atoms with Crippen LogP contribution in [-0.2, 0) is 15.3 Å². The van der Waals surface area contributed by atoms with Crippen LogP contribution in [0.5, 0.6) is 0 Å². The Labute approximate surface area is 199 Å². The molecule has 1 amide bonds. The zero-order chi connectivity index (χ0) is 22.9. The number of carbonyl (C=O) groups is 2. The highest BCUT2D eigenvalue weighted by Crippen LogP contribution is 2.27. The number of aryl methyl sites for hydroxylation is 1. The number of anilines is 1. The molecule has 0 N–H and O–H groups in total. The molecule has 0 aliphatic carbocycles. The van der Waals surface area contributed by atoms with Crippen molar-refractivity contribution in [2.45, 2.75) is 24.0 Å². The molecule has 0 aliphatic heterocycles. The highest BCUT2D eigenvalue weighted by molar-refractivity contribution is 7.98. The van der Waals surface area contributed by atoms with Gasteiger partial charge < -0.3 is 9.64 Å². The maximum absolute atomic E-state index is 12.8. The molecule has 0 atom stereocenters. The van der Waals surface area contributed by atoms with Crippen LogP contribution in [0.3, 0.4) is 0 Å². The predicted octanol–water partition coefficient (Wildman–Crippen LogP) is 5.50. The zero-order valence-electron chi connectivity index (χ0n) is 17.3. The van der Waals surface area contributed by atoms with Gasteiger partial charge in [0.15, 0.2) is 6.61 Å².